The van der Waals surface area contributed by atoms with Gasteiger partial charge in [0.15, 0.2) is 5.82 Å². The number of aryl methyl sites for hydroxylation is 1. The second kappa shape index (κ2) is 5.23. The first-order valence-electron chi connectivity index (χ1n) is 5.53. The topological polar surface area (TPSA) is 70.3 Å². The first-order valence-corrected chi connectivity index (χ1v) is 5.53. The van der Waals surface area contributed by atoms with Crippen LogP contribution in [0.15, 0.2) is 6.07 Å². The molecule has 2 N–H and O–H groups in total. The molecular formula is C11H17N3O2. The van der Waals surface area contributed by atoms with Crippen molar-refractivity contribution in [1.29, 1.82) is 0 Å². The third-order valence-corrected chi connectivity index (χ3v) is 2.48. The number of rotatable bonds is 4. The summed E-state index contributed by atoms with van der Waals surface area (Å²) in [5, 5.41) is 0. The molecule has 1 atom stereocenters. The summed E-state index contributed by atoms with van der Waals surface area (Å²) in [6.07, 6.45) is 2.45. The Morgan fingerprint density at radius 3 is 3.12 bits per heavy atom. The van der Waals surface area contributed by atoms with Crippen LogP contribution < -0.4 is 5.73 Å². The summed E-state index contributed by atoms with van der Waals surface area (Å²) in [5.41, 5.74) is 6.49. The van der Waals surface area contributed by atoms with E-state index in [1.807, 2.05) is 6.92 Å². The maximum atomic E-state index is 5.62. The number of aromatic nitrogens is 2. The molecule has 0 aromatic carbocycles. The van der Waals surface area contributed by atoms with E-state index in [4.69, 9.17) is 15.2 Å². The fraction of sp³-hybridized carbons (Fsp3) is 0.636. The minimum absolute atomic E-state index is 0.238. The van der Waals surface area contributed by atoms with E-state index in [1.54, 1.807) is 6.07 Å². The number of ether oxygens (including phenoxy) is 2. The predicted molar refractivity (Wildman–Crippen MR) is 59.8 cm³/mol. The highest BCUT2D eigenvalue weighted by Gasteiger charge is 2.15. The molecule has 16 heavy (non-hydrogen) atoms. The molecule has 0 bridgehead atoms. The highest BCUT2D eigenvalue weighted by atomic mass is 16.5. The number of nitrogens with zero attached hydrogens (tertiary/aromatic N) is 2. The van der Waals surface area contributed by atoms with Crippen LogP contribution in [0.5, 0.6) is 0 Å². The third kappa shape index (κ3) is 3.15. The molecule has 2 rings (SSSR count). The first-order chi connectivity index (χ1) is 7.74. The van der Waals surface area contributed by atoms with E-state index in [0.29, 0.717) is 24.9 Å². The lowest BCUT2D eigenvalue weighted by Crippen LogP contribution is -2.14. The smallest absolute Gasteiger partial charge is 0.156 e. The van der Waals surface area contributed by atoms with Crippen LogP contribution in [-0.2, 0) is 16.1 Å². The summed E-state index contributed by atoms with van der Waals surface area (Å²) in [5.74, 6) is 1.12. The molecular weight excluding hydrogens is 206 g/mol. The van der Waals surface area contributed by atoms with Crippen LogP contribution in [0, 0.1) is 6.92 Å². The Balaban J connectivity index is 1.80. The summed E-state index contributed by atoms with van der Waals surface area (Å²) in [6, 6.07) is 1.74. The average Bonchev–Trinajstić information content (AvgIpc) is 2.69. The van der Waals surface area contributed by atoms with Crippen molar-refractivity contribution in [2.45, 2.75) is 32.5 Å². The van der Waals surface area contributed by atoms with Crippen molar-refractivity contribution in [3.63, 3.8) is 0 Å². The van der Waals surface area contributed by atoms with Gasteiger partial charge in [-0.25, -0.2) is 9.97 Å². The zero-order chi connectivity index (χ0) is 11.4. The quantitative estimate of drug-likeness (QED) is 0.826. The van der Waals surface area contributed by atoms with E-state index in [-0.39, 0.29) is 6.10 Å². The molecule has 0 aliphatic carbocycles. The molecule has 1 aromatic heterocycles. The lowest BCUT2D eigenvalue weighted by molar-refractivity contribution is 0.00863. The molecule has 88 valence electrons. The van der Waals surface area contributed by atoms with Gasteiger partial charge < -0.3 is 15.2 Å². The molecule has 1 aromatic rings. The minimum atomic E-state index is 0.238. The summed E-state index contributed by atoms with van der Waals surface area (Å²) in [7, 11) is 0. The largest absolute Gasteiger partial charge is 0.384 e. The van der Waals surface area contributed by atoms with Crippen LogP contribution in [-0.4, -0.2) is 29.3 Å². The van der Waals surface area contributed by atoms with Crippen LogP contribution in [0.4, 0.5) is 5.82 Å². The Hall–Kier alpha value is -1.20. The van der Waals surface area contributed by atoms with Gasteiger partial charge in [-0.05, 0) is 19.8 Å². The molecule has 0 spiro atoms. The van der Waals surface area contributed by atoms with Crippen molar-refractivity contribution >= 4 is 5.82 Å². The Labute approximate surface area is 95.0 Å². The number of hydrogen-bond acceptors (Lipinski definition) is 5. The van der Waals surface area contributed by atoms with Crippen LogP contribution in [0.3, 0.4) is 0 Å². The maximum Gasteiger partial charge on any atom is 0.156 e. The molecule has 0 saturated carbocycles. The molecule has 5 nitrogen and oxygen atoms in total. The number of hydrogen-bond donors (Lipinski definition) is 1. The van der Waals surface area contributed by atoms with E-state index >= 15 is 0 Å². The lowest BCUT2D eigenvalue weighted by atomic mass is 10.2. The number of nitrogens with two attached hydrogens (primary N) is 1. The summed E-state index contributed by atoms with van der Waals surface area (Å²) in [4.78, 5) is 8.34. The number of nitrogen functional groups attached to an aromatic ring is 1. The van der Waals surface area contributed by atoms with Gasteiger partial charge >= 0.3 is 0 Å². The summed E-state index contributed by atoms with van der Waals surface area (Å²) >= 11 is 0. The van der Waals surface area contributed by atoms with Gasteiger partial charge in [-0.15, -0.1) is 0 Å². The lowest BCUT2D eigenvalue weighted by Gasteiger charge is -2.09. The molecule has 1 aliphatic rings. The van der Waals surface area contributed by atoms with E-state index in [9.17, 15) is 0 Å². The Kier molecular flexibility index (Phi) is 3.69. The second-order valence-corrected chi connectivity index (χ2v) is 4.00. The van der Waals surface area contributed by atoms with Crippen LogP contribution >= 0.6 is 0 Å². The second-order valence-electron chi connectivity index (χ2n) is 4.00. The standard InChI is InChI=1S/C11H17N3O2/c1-8-5-10(12)14-11(13-8)7-15-6-9-3-2-4-16-9/h5,9H,2-4,6-7H2,1H3,(H2,12,13,14). The molecule has 2 heterocycles. The van der Waals surface area contributed by atoms with E-state index in [2.05, 4.69) is 9.97 Å². The van der Waals surface area contributed by atoms with Crippen LogP contribution in [0.1, 0.15) is 24.4 Å². The van der Waals surface area contributed by atoms with Gasteiger partial charge in [-0.3, -0.25) is 0 Å². The number of anilines is 1. The monoisotopic (exact) mass is 223 g/mol. The van der Waals surface area contributed by atoms with Crippen molar-refractivity contribution in [2.24, 2.45) is 0 Å². The SMILES string of the molecule is Cc1cc(N)nc(COCC2CCCO2)n1. The molecule has 1 aliphatic heterocycles. The molecule has 0 amide bonds. The van der Waals surface area contributed by atoms with E-state index in [0.717, 1.165) is 25.1 Å². The Bertz CT molecular complexity index is 331. The highest BCUT2D eigenvalue weighted by molar-refractivity contribution is 5.28. The van der Waals surface area contributed by atoms with Gasteiger partial charge in [0.05, 0.1) is 12.7 Å². The fourth-order valence-corrected chi connectivity index (χ4v) is 1.78. The van der Waals surface area contributed by atoms with Gasteiger partial charge in [-0.2, -0.15) is 0 Å². The van der Waals surface area contributed by atoms with Crippen LogP contribution in [0.2, 0.25) is 0 Å². The van der Waals surface area contributed by atoms with Gasteiger partial charge in [-0.1, -0.05) is 0 Å². The van der Waals surface area contributed by atoms with Crippen molar-refractivity contribution in [2.75, 3.05) is 18.9 Å². The van der Waals surface area contributed by atoms with Crippen molar-refractivity contribution < 1.29 is 9.47 Å². The molecule has 1 unspecified atom stereocenters. The highest BCUT2D eigenvalue weighted by Crippen LogP contribution is 2.12. The summed E-state index contributed by atoms with van der Waals surface area (Å²) in [6.45, 7) is 3.74. The maximum absolute atomic E-state index is 5.62. The van der Waals surface area contributed by atoms with Crippen molar-refractivity contribution in [3.05, 3.63) is 17.6 Å². The minimum Gasteiger partial charge on any atom is -0.384 e. The predicted octanol–water partition coefficient (Wildman–Crippen LogP) is 1.06. The average molecular weight is 223 g/mol. The van der Waals surface area contributed by atoms with Gasteiger partial charge in [0.25, 0.3) is 0 Å². The van der Waals surface area contributed by atoms with E-state index < -0.39 is 0 Å². The zero-order valence-electron chi connectivity index (χ0n) is 9.48. The van der Waals surface area contributed by atoms with Gasteiger partial charge in [0.2, 0.25) is 0 Å². The van der Waals surface area contributed by atoms with Gasteiger partial charge in [0.1, 0.15) is 12.4 Å². The molecule has 1 fully saturated rings. The normalized spacial score (nSPS) is 20.2. The fourth-order valence-electron chi connectivity index (χ4n) is 1.78. The Morgan fingerprint density at radius 1 is 1.56 bits per heavy atom. The first kappa shape index (κ1) is 11.3. The zero-order valence-corrected chi connectivity index (χ0v) is 9.48. The summed E-state index contributed by atoms with van der Waals surface area (Å²) < 4.78 is 11.0. The Morgan fingerprint density at radius 2 is 2.44 bits per heavy atom. The molecule has 1 saturated heterocycles. The van der Waals surface area contributed by atoms with E-state index in [1.165, 1.54) is 0 Å². The van der Waals surface area contributed by atoms with Crippen LogP contribution in [0.25, 0.3) is 0 Å². The van der Waals surface area contributed by atoms with Crippen molar-refractivity contribution in [1.82, 2.24) is 9.97 Å². The van der Waals surface area contributed by atoms with Gasteiger partial charge in [0, 0.05) is 18.4 Å². The molecule has 5 heteroatoms. The van der Waals surface area contributed by atoms with Crippen molar-refractivity contribution in [3.8, 4) is 0 Å². The third-order valence-electron chi connectivity index (χ3n) is 2.48. The molecule has 0 radical (unpaired) electrons.